The molecule has 1 saturated heterocycles. The third-order valence-corrected chi connectivity index (χ3v) is 4.45. The SMILES string of the molecule is CNC1CCCC1CN(C)C1CCOC1C. The second-order valence-corrected chi connectivity index (χ2v) is 5.46. The van der Waals surface area contributed by atoms with E-state index in [0.29, 0.717) is 12.1 Å². The summed E-state index contributed by atoms with van der Waals surface area (Å²) in [5.41, 5.74) is 0. The largest absolute Gasteiger partial charge is 0.377 e. The summed E-state index contributed by atoms with van der Waals surface area (Å²) >= 11 is 0. The van der Waals surface area contributed by atoms with Gasteiger partial charge >= 0.3 is 0 Å². The highest BCUT2D eigenvalue weighted by molar-refractivity contribution is 4.87. The molecule has 0 aromatic carbocycles. The van der Waals surface area contributed by atoms with E-state index in [4.69, 9.17) is 4.74 Å². The first kappa shape index (κ1) is 12.3. The van der Waals surface area contributed by atoms with Gasteiger partial charge in [0.25, 0.3) is 0 Å². The summed E-state index contributed by atoms with van der Waals surface area (Å²) in [5.74, 6) is 0.836. The molecule has 1 saturated carbocycles. The Kier molecular flexibility index (Phi) is 4.22. The van der Waals surface area contributed by atoms with E-state index in [-0.39, 0.29) is 0 Å². The summed E-state index contributed by atoms with van der Waals surface area (Å²) < 4.78 is 5.65. The van der Waals surface area contributed by atoms with Gasteiger partial charge < -0.3 is 15.0 Å². The van der Waals surface area contributed by atoms with Crippen molar-refractivity contribution in [2.24, 2.45) is 5.92 Å². The van der Waals surface area contributed by atoms with Crippen LogP contribution in [0.2, 0.25) is 0 Å². The van der Waals surface area contributed by atoms with Crippen molar-refractivity contribution in [3.8, 4) is 0 Å². The van der Waals surface area contributed by atoms with Gasteiger partial charge in [0.2, 0.25) is 0 Å². The van der Waals surface area contributed by atoms with Gasteiger partial charge in [0.15, 0.2) is 0 Å². The van der Waals surface area contributed by atoms with E-state index < -0.39 is 0 Å². The first-order valence-electron chi connectivity index (χ1n) is 6.71. The predicted molar refractivity (Wildman–Crippen MR) is 66.6 cm³/mol. The van der Waals surface area contributed by atoms with Crippen LogP contribution in [-0.4, -0.2) is 50.3 Å². The second-order valence-electron chi connectivity index (χ2n) is 5.46. The summed E-state index contributed by atoms with van der Waals surface area (Å²) in [7, 11) is 4.37. The lowest BCUT2D eigenvalue weighted by molar-refractivity contribution is 0.0769. The van der Waals surface area contributed by atoms with E-state index in [1.54, 1.807) is 0 Å². The molecule has 1 aliphatic carbocycles. The standard InChI is InChI=1S/C13H26N2O/c1-10-13(7-8-16-10)15(3)9-11-5-4-6-12(11)14-2/h10-14H,4-9H2,1-3H3. The van der Waals surface area contributed by atoms with Crippen molar-refractivity contribution in [3.05, 3.63) is 0 Å². The van der Waals surface area contributed by atoms with Crippen LogP contribution in [0.1, 0.15) is 32.6 Å². The Bertz CT molecular complexity index is 222. The first-order chi connectivity index (χ1) is 7.72. The van der Waals surface area contributed by atoms with Gasteiger partial charge in [0.1, 0.15) is 0 Å². The molecule has 1 aliphatic heterocycles. The van der Waals surface area contributed by atoms with Crippen LogP contribution in [0.5, 0.6) is 0 Å². The number of hydrogen-bond donors (Lipinski definition) is 1. The number of nitrogens with zero attached hydrogens (tertiary/aromatic N) is 1. The van der Waals surface area contributed by atoms with Crippen LogP contribution in [0.4, 0.5) is 0 Å². The van der Waals surface area contributed by atoms with E-state index >= 15 is 0 Å². The highest BCUT2D eigenvalue weighted by atomic mass is 16.5. The Labute approximate surface area is 99.5 Å². The lowest BCUT2D eigenvalue weighted by Crippen LogP contribution is -2.43. The summed E-state index contributed by atoms with van der Waals surface area (Å²) in [6.07, 6.45) is 5.75. The molecule has 2 rings (SSSR count). The molecule has 1 heterocycles. The van der Waals surface area contributed by atoms with Crippen molar-refractivity contribution in [1.29, 1.82) is 0 Å². The van der Waals surface area contributed by atoms with Gasteiger partial charge in [0, 0.05) is 25.2 Å². The van der Waals surface area contributed by atoms with Crippen molar-refractivity contribution in [2.45, 2.75) is 50.8 Å². The van der Waals surface area contributed by atoms with Gasteiger partial charge in [-0.3, -0.25) is 0 Å². The maximum Gasteiger partial charge on any atom is 0.0702 e. The molecule has 0 amide bonds. The summed E-state index contributed by atoms with van der Waals surface area (Å²) in [6.45, 7) is 4.37. The Hall–Kier alpha value is -0.120. The average molecular weight is 226 g/mol. The molecule has 0 aromatic heterocycles. The van der Waals surface area contributed by atoms with Crippen LogP contribution in [0.25, 0.3) is 0 Å². The van der Waals surface area contributed by atoms with Crippen LogP contribution in [-0.2, 0) is 4.74 Å². The molecule has 2 aliphatic rings. The highest BCUT2D eigenvalue weighted by Crippen LogP contribution is 2.28. The normalized spacial score (nSPS) is 39.8. The van der Waals surface area contributed by atoms with Gasteiger partial charge in [0.05, 0.1) is 6.10 Å². The van der Waals surface area contributed by atoms with E-state index in [1.165, 1.54) is 32.2 Å². The molecule has 0 radical (unpaired) electrons. The van der Waals surface area contributed by atoms with Crippen LogP contribution >= 0.6 is 0 Å². The predicted octanol–water partition coefficient (Wildman–Crippen LogP) is 1.48. The smallest absolute Gasteiger partial charge is 0.0702 e. The Morgan fingerprint density at radius 2 is 2.12 bits per heavy atom. The monoisotopic (exact) mass is 226 g/mol. The van der Waals surface area contributed by atoms with Crippen molar-refractivity contribution in [3.63, 3.8) is 0 Å². The first-order valence-corrected chi connectivity index (χ1v) is 6.71. The fourth-order valence-corrected chi connectivity index (χ4v) is 3.44. The van der Waals surface area contributed by atoms with Crippen molar-refractivity contribution in [1.82, 2.24) is 10.2 Å². The highest BCUT2D eigenvalue weighted by Gasteiger charge is 2.32. The fraction of sp³-hybridized carbons (Fsp3) is 1.00. The molecule has 1 N–H and O–H groups in total. The molecule has 4 atom stereocenters. The number of hydrogen-bond acceptors (Lipinski definition) is 3. The van der Waals surface area contributed by atoms with E-state index in [2.05, 4.69) is 31.2 Å². The molecule has 0 spiro atoms. The maximum absolute atomic E-state index is 5.65. The lowest BCUT2D eigenvalue weighted by atomic mass is 10.0. The molecule has 3 heteroatoms. The van der Waals surface area contributed by atoms with Crippen LogP contribution < -0.4 is 5.32 Å². The zero-order chi connectivity index (χ0) is 11.5. The molecule has 4 unspecified atom stereocenters. The summed E-state index contributed by atoms with van der Waals surface area (Å²) in [5, 5.41) is 3.46. The zero-order valence-electron chi connectivity index (χ0n) is 10.9. The minimum Gasteiger partial charge on any atom is -0.377 e. The number of likely N-dealkylation sites (N-methyl/N-ethyl adjacent to an activating group) is 1. The average Bonchev–Trinajstić information content (AvgIpc) is 2.86. The molecule has 0 bridgehead atoms. The van der Waals surface area contributed by atoms with Crippen LogP contribution in [0.15, 0.2) is 0 Å². The van der Waals surface area contributed by atoms with Gasteiger partial charge in [-0.25, -0.2) is 0 Å². The molecular weight excluding hydrogens is 200 g/mol. The van der Waals surface area contributed by atoms with Gasteiger partial charge in [-0.05, 0) is 46.2 Å². The number of nitrogens with one attached hydrogen (secondary N) is 1. The number of rotatable bonds is 4. The second kappa shape index (κ2) is 5.48. The van der Waals surface area contributed by atoms with Crippen molar-refractivity contribution >= 4 is 0 Å². The Morgan fingerprint density at radius 1 is 1.31 bits per heavy atom. The molecule has 2 fully saturated rings. The molecule has 0 aromatic rings. The van der Waals surface area contributed by atoms with Crippen LogP contribution in [0, 0.1) is 5.92 Å². The third-order valence-electron chi connectivity index (χ3n) is 4.45. The van der Waals surface area contributed by atoms with Crippen LogP contribution in [0.3, 0.4) is 0 Å². The minimum atomic E-state index is 0.416. The molecule has 16 heavy (non-hydrogen) atoms. The van der Waals surface area contributed by atoms with Crippen molar-refractivity contribution < 1.29 is 4.74 Å². The number of ether oxygens (including phenoxy) is 1. The van der Waals surface area contributed by atoms with Gasteiger partial charge in [-0.1, -0.05) is 6.42 Å². The van der Waals surface area contributed by atoms with E-state index in [9.17, 15) is 0 Å². The van der Waals surface area contributed by atoms with E-state index in [1.807, 2.05) is 0 Å². The third kappa shape index (κ3) is 2.58. The fourth-order valence-electron chi connectivity index (χ4n) is 3.44. The molecular formula is C13H26N2O. The van der Waals surface area contributed by atoms with E-state index in [0.717, 1.165) is 18.6 Å². The van der Waals surface area contributed by atoms with Crippen molar-refractivity contribution in [2.75, 3.05) is 27.2 Å². The minimum absolute atomic E-state index is 0.416. The molecule has 94 valence electrons. The topological polar surface area (TPSA) is 24.5 Å². The Morgan fingerprint density at radius 3 is 2.75 bits per heavy atom. The Balaban J connectivity index is 1.84. The lowest BCUT2D eigenvalue weighted by Gasteiger charge is -2.31. The zero-order valence-corrected chi connectivity index (χ0v) is 10.9. The summed E-state index contributed by atoms with van der Waals surface area (Å²) in [4.78, 5) is 2.53. The maximum atomic E-state index is 5.65. The molecule has 3 nitrogen and oxygen atoms in total. The summed E-state index contributed by atoms with van der Waals surface area (Å²) in [6, 6.07) is 1.37. The van der Waals surface area contributed by atoms with Gasteiger partial charge in [-0.2, -0.15) is 0 Å². The quantitative estimate of drug-likeness (QED) is 0.786. The van der Waals surface area contributed by atoms with Gasteiger partial charge in [-0.15, -0.1) is 0 Å².